The quantitative estimate of drug-likeness (QED) is 0.167. The van der Waals surface area contributed by atoms with Crippen LogP contribution in [0.3, 0.4) is 0 Å². The number of ether oxygens (including phenoxy) is 3. The second-order valence-corrected chi connectivity index (χ2v) is 10.4. The number of rotatable bonds is 20. The Labute approximate surface area is 224 Å². The van der Waals surface area contributed by atoms with E-state index in [9.17, 15) is 9.59 Å². The van der Waals surface area contributed by atoms with Gasteiger partial charge in [-0.2, -0.15) is 0 Å². The van der Waals surface area contributed by atoms with Crippen molar-refractivity contribution in [3.63, 3.8) is 0 Å². The summed E-state index contributed by atoms with van der Waals surface area (Å²) in [5, 5.41) is 0. The molecular weight excluding hydrogens is 468 g/mol. The van der Waals surface area contributed by atoms with E-state index in [4.69, 9.17) is 14.2 Å². The SMILES string of the molecule is CCCCCCCCCCCCCCCCOC[C@@H]1CO[C@@H](COC(=O)N(C(C)=O)c2cccnc2)C1. The molecule has 0 aromatic carbocycles. The van der Waals surface area contributed by atoms with Crippen molar-refractivity contribution in [1.82, 2.24) is 4.98 Å². The van der Waals surface area contributed by atoms with Crippen molar-refractivity contribution >= 4 is 17.7 Å². The maximum Gasteiger partial charge on any atom is 0.421 e. The standard InChI is InChI=1S/C30H50N2O5/c1-3-4-5-6-7-8-9-10-11-12-13-14-15-16-20-35-23-27-21-29(36-24-27)25-37-30(34)32(26(2)33)28-18-17-19-31-22-28/h17-19,22,27,29H,3-16,20-21,23-25H2,1-2H3/t27-,29-/m1/s1. The molecular formula is C30H50N2O5. The van der Waals surface area contributed by atoms with Crippen LogP contribution in [0.4, 0.5) is 10.5 Å². The molecule has 210 valence electrons. The lowest BCUT2D eigenvalue weighted by Gasteiger charge is -2.19. The minimum Gasteiger partial charge on any atom is -0.446 e. The molecule has 2 atom stereocenters. The van der Waals surface area contributed by atoms with Crippen LogP contribution in [0, 0.1) is 5.92 Å². The Kier molecular flexibility index (Phi) is 16.9. The zero-order valence-electron chi connectivity index (χ0n) is 23.3. The molecule has 1 fully saturated rings. The summed E-state index contributed by atoms with van der Waals surface area (Å²) in [7, 11) is 0. The average molecular weight is 519 g/mol. The van der Waals surface area contributed by atoms with E-state index in [1.807, 2.05) is 0 Å². The first kappa shape index (κ1) is 31.2. The number of aromatic nitrogens is 1. The lowest BCUT2D eigenvalue weighted by atomic mass is 10.0. The van der Waals surface area contributed by atoms with Crippen LogP contribution >= 0.6 is 0 Å². The number of amides is 2. The van der Waals surface area contributed by atoms with Crippen LogP contribution in [0.1, 0.15) is 110 Å². The fourth-order valence-corrected chi connectivity index (χ4v) is 4.79. The predicted octanol–water partition coefficient (Wildman–Crippen LogP) is 7.47. The van der Waals surface area contributed by atoms with Gasteiger partial charge in [0.1, 0.15) is 6.61 Å². The van der Waals surface area contributed by atoms with E-state index < -0.39 is 12.0 Å². The first-order valence-electron chi connectivity index (χ1n) is 14.7. The summed E-state index contributed by atoms with van der Waals surface area (Å²) in [6.07, 6.45) is 22.0. The van der Waals surface area contributed by atoms with Crippen LogP contribution in [0.15, 0.2) is 24.5 Å². The molecule has 1 aliphatic rings. The predicted molar refractivity (Wildman–Crippen MR) is 148 cm³/mol. The summed E-state index contributed by atoms with van der Waals surface area (Å²) in [5.41, 5.74) is 0.391. The highest BCUT2D eigenvalue weighted by Crippen LogP contribution is 2.21. The zero-order valence-corrected chi connectivity index (χ0v) is 23.3. The molecule has 7 nitrogen and oxygen atoms in total. The Morgan fingerprint density at radius 2 is 1.57 bits per heavy atom. The molecule has 0 unspecified atom stereocenters. The molecule has 1 aromatic rings. The van der Waals surface area contributed by atoms with Gasteiger partial charge in [0.2, 0.25) is 5.91 Å². The van der Waals surface area contributed by atoms with Crippen molar-refractivity contribution < 1.29 is 23.8 Å². The van der Waals surface area contributed by atoms with E-state index in [0.717, 1.165) is 24.3 Å². The van der Waals surface area contributed by atoms with Gasteiger partial charge in [0, 0.05) is 25.6 Å². The van der Waals surface area contributed by atoms with E-state index in [1.54, 1.807) is 18.3 Å². The summed E-state index contributed by atoms with van der Waals surface area (Å²) in [6, 6.07) is 3.31. The summed E-state index contributed by atoms with van der Waals surface area (Å²) in [6.45, 7) is 5.81. The molecule has 0 saturated carbocycles. The fourth-order valence-electron chi connectivity index (χ4n) is 4.79. The van der Waals surface area contributed by atoms with Crippen molar-refractivity contribution in [3.8, 4) is 0 Å². The first-order chi connectivity index (χ1) is 18.1. The number of hydrogen-bond acceptors (Lipinski definition) is 6. The van der Waals surface area contributed by atoms with E-state index in [0.29, 0.717) is 24.8 Å². The van der Waals surface area contributed by atoms with E-state index >= 15 is 0 Å². The van der Waals surface area contributed by atoms with Crippen LogP contribution in [0.25, 0.3) is 0 Å². The number of pyridine rings is 1. The summed E-state index contributed by atoms with van der Waals surface area (Å²) in [5.74, 6) is -0.0994. The maximum atomic E-state index is 12.4. The Balaban J connectivity index is 1.41. The highest BCUT2D eigenvalue weighted by molar-refractivity contribution is 6.11. The Bertz CT molecular complexity index is 730. The van der Waals surface area contributed by atoms with Gasteiger partial charge in [0.25, 0.3) is 0 Å². The minimum absolute atomic E-state index is 0.123. The van der Waals surface area contributed by atoms with E-state index in [-0.39, 0.29) is 12.7 Å². The van der Waals surface area contributed by atoms with E-state index in [2.05, 4.69) is 11.9 Å². The van der Waals surface area contributed by atoms with Crippen molar-refractivity contribution in [1.29, 1.82) is 0 Å². The van der Waals surface area contributed by atoms with Crippen LogP contribution in [0.2, 0.25) is 0 Å². The second-order valence-electron chi connectivity index (χ2n) is 10.4. The molecule has 0 spiro atoms. The largest absolute Gasteiger partial charge is 0.446 e. The molecule has 2 heterocycles. The van der Waals surface area contributed by atoms with Gasteiger partial charge in [-0.05, 0) is 25.0 Å². The van der Waals surface area contributed by atoms with Crippen LogP contribution in [-0.2, 0) is 19.0 Å². The highest BCUT2D eigenvalue weighted by Gasteiger charge is 2.29. The normalized spacial score (nSPS) is 17.1. The summed E-state index contributed by atoms with van der Waals surface area (Å²) >= 11 is 0. The number of imide groups is 1. The van der Waals surface area contributed by atoms with Gasteiger partial charge in [0.05, 0.1) is 31.2 Å². The molecule has 2 amide bonds. The second kappa shape index (κ2) is 20.0. The summed E-state index contributed by atoms with van der Waals surface area (Å²) in [4.78, 5) is 29.3. The third-order valence-corrected chi connectivity index (χ3v) is 6.95. The number of carbonyl (C=O) groups is 2. The van der Waals surface area contributed by atoms with E-state index in [1.165, 1.54) is 96.6 Å². The molecule has 37 heavy (non-hydrogen) atoms. The van der Waals surface area contributed by atoms with Gasteiger partial charge in [-0.1, -0.05) is 90.4 Å². The number of carbonyl (C=O) groups excluding carboxylic acids is 2. The number of unbranched alkanes of at least 4 members (excludes halogenated alkanes) is 13. The lowest BCUT2D eigenvalue weighted by Crippen LogP contribution is -2.37. The number of nitrogens with zero attached hydrogens (tertiary/aromatic N) is 2. The Morgan fingerprint density at radius 1 is 0.946 bits per heavy atom. The topological polar surface area (TPSA) is 78.0 Å². The summed E-state index contributed by atoms with van der Waals surface area (Å²) < 4.78 is 17.0. The van der Waals surface area contributed by atoms with Gasteiger partial charge in [-0.15, -0.1) is 0 Å². The highest BCUT2D eigenvalue weighted by atomic mass is 16.6. The van der Waals surface area contributed by atoms with Gasteiger partial charge in [0.15, 0.2) is 0 Å². The molecule has 2 rings (SSSR count). The van der Waals surface area contributed by atoms with Crippen molar-refractivity contribution in [2.24, 2.45) is 5.92 Å². The van der Waals surface area contributed by atoms with Crippen molar-refractivity contribution in [2.45, 2.75) is 116 Å². The van der Waals surface area contributed by atoms with Crippen LogP contribution in [-0.4, -0.2) is 49.5 Å². The third-order valence-electron chi connectivity index (χ3n) is 6.95. The smallest absolute Gasteiger partial charge is 0.421 e. The molecule has 0 N–H and O–H groups in total. The third kappa shape index (κ3) is 13.9. The molecule has 0 radical (unpaired) electrons. The molecule has 0 bridgehead atoms. The van der Waals surface area contributed by atoms with Crippen LogP contribution in [0.5, 0.6) is 0 Å². The average Bonchev–Trinajstić information content (AvgIpc) is 3.35. The molecule has 1 aromatic heterocycles. The van der Waals surface area contributed by atoms with Gasteiger partial charge >= 0.3 is 6.09 Å². The molecule has 0 aliphatic carbocycles. The molecule has 1 saturated heterocycles. The zero-order chi connectivity index (χ0) is 26.6. The van der Waals surface area contributed by atoms with Gasteiger partial charge in [-0.25, -0.2) is 9.69 Å². The monoisotopic (exact) mass is 518 g/mol. The minimum atomic E-state index is -0.707. The Hall–Kier alpha value is -1.99. The van der Waals surface area contributed by atoms with Gasteiger partial charge in [-0.3, -0.25) is 9.78 Å². The maximum absolute atomic E-state index is 12.4. The molecule has 7 heteroatoms. The first-order valence-corrected chi connectivity index (χ1v) is 14.7. The van der Waals surface area contributed by atoms with Crippen molar-refractivity contribution in [3.05, 3.63) is 24.5 Å². The van der Waals surface area contributed by atoms with Crippen LogP contribution < -0.4 is 4.90 Å². The number of hydrogen-bond donors (Lipinski definition) is 0. The lowest BCUT2D eigenvalue weighted by molar-refractivity contribution is -0.116. The Morgan fingerprint density at radius 3 is 2.14 bits per heavy atom. The fraction of sp³-hybridized carbons (Fsp3) is 0.767. The van der Waals surface area contributed by atoms with Gasteiger partial charge < -0.3 is 14.2 Å². The molecule has 1 aliphatic heterocycles. The van der Waals surface area contributed by atoms with Crippen molar-refractivity contribution in [2.75, 3.05) is 31.3 Å². The number of anilines is 1.